The lowest BCUT2D eigenvalue weighted by Crippen LogP contribution is -2.50. The van der Waals surface area contributed by atoms with Crippen molar-refractivity contribution in [3.8, 4) is 0 Å². The lowest BCUT2D eigenvalue weighted by molar-refractivity contribution is 0.0624. The van der Waals surface area contributed by atoms with Gasteiger partial charge in [0.1, 0.15) is 0 Å². The van der Waals surface area contributed by atoms with E-state index in [1.165, 1.54) is 20.2 Å². The number of Topliss-reactive ketones (excluding diaryl/α,β-unsaturated/α-hetero) is 1. The van der Waals surface area contributed by atoms with Gasteiger partial charge in [-0.2, -0.15) is 0 Å². The van der Waals surface area contributed by atoms with Crippen LogP contribution in [-0.2, 0) is 10.0 Å². The van der Waals surface area contributed by atoms with Crippen molar-refractivity contribution in [1.82, 2.24) is 18.7 Å². The number of carbonyl (C=O) groups excluding carboxylic acids is 2. The largest absolute Gasteiger partial charge is 0.346 e. The molecule has 0 radical (unpaired) electrons. The summed E-state index contributed by atoms with van der Waals surface area (Å²) < 4.78 is 28.5. The number of nitrogens with zero attached hydrogens (tertiary/aromatic N) is 4. The SMILES string of the molecule is Cc1ccc(C(=O)N2CCN(CC(=O)c3cc(C)n(C(C)C)c3C)CC2)cc1S(=O)(=O)N(C)C. The van der Waals surface area contributed by atoms with Crippen LogP contribution in [-0.4, -0.2) is 85.6 Å². The van der Waals surface area contributed by atoms with E-state index in [9.17, 15) is 18.0 Å². The molecule has 8 nitrogen and oxygen atoms in total. The van der Waals surface area contributed by atoms with E-state index >= 15 is 0 Å². The average Bonchev–Trinajstić information content (AvgIpc) is 3.08. The topological polar surface area (TPSA) is 82.9 Å². The normalized spacial score (nSPS) is 15.4. The van der Waals surface area contributed by atoms with Crippen molar-refractivity contribution in [3.05, 3.63) is 52.3 Å². The summed E-state index contributed by atoms with van der Waals surface area (Å²) in [7, 11) is -0.685. The quantitative estimate of drug-likeness (QED) is 0.560. The highest BCUT2D eigenvalue weighted by Crippen LogP contribution is 2.23. The summed E-state index contributed by atoms with van der Waals surface area (Å²) in [4.78, 5) is 30.0. The van der Waals surface area contributed by atoms with Crippen LogP contribution in [0.25, 0.3) is 0 Å². The van der Waals surface area contributed by atoms with Crippen molar-refractivity contribution in [1.29, 1.82) is 0 Å². The maximum Gasteiger partial charge on any atom is 0.253 e. The molecule has 1 aliphatic rings. The zero-order valence-corrected chi connectivity index (χ0v) is 22.1. The van der Waals surface area contributed by atoms with E-state index in [-0.39, 0.29) is 16.6 Å². The zero-order valence-electron chi connectivity index (χ0n) is 21.3. The molecule has 1 aromatic heterocycles. The molecule has 0 spiro atoms. The molecule has 0 unspecified atom stereocenters. The summed E-state index contributed by atoms with van der Waals surface area (Å²) in [6, 6.07) is 7.08. The van der Waals surface area contributed by atoms with E-state index in [0.717, 1.165) is 21.3 Å². The Bertz CT molecular complexity index is 1190. The van der Waals surface area contributed by atoms with Gasteiger partial charge in [-0.25, -0.2) is 12.7 Å². The van der Waals surface area contributed by atoms with Crippen molar-refractivity contribution >= 4 is 21.7 Å². The molecule has 0 bridgehead atoms. The van der Waals surface area contributed by atoms with Gasteiger partial charge in [-0.15, -0.1) is 0 Å². The minimum absolute atomic E-state index is 0.0943. The number of hydrogen-bond donors (Lipinski definition) is 0. The van der Waals surface area contributed by atoms with Crippen molar-refractivity contribution in [2.24, 2.45) is 0 Å². The number of ketones is 1. The van der Waals surface area contributed by atoms with Gasteiger partial charge < -0.3 is 9.47 Å². The Hall–Kier alpha value is -2.49. The minimum Gasteiger partial charge on any atom is -0.346 e. The van der Waals surface area contributed by atoms with Gasteiger partial charge in [0.15, 0.2) is 5.78 Å². The Kier molecular flexibility index (Phi) is 7.69. The number of carbonyl (C=O) groups is 2. The summed E-state index contributed by atoms with van der Waals surface area (Å²) >= 11 is 0. The zero-order chi connectivity index (χ0) is 25.4. The van der Waals surface area contributed by atoms with Crippen LogP contribution in [0.5, 0.6) is 0 Å². The first-order valence-corrected chi connectivity index (χ1v) is 13.0. The van der Waals surface area contributed by atoms with Crippen LogP contribution in [0, 0.1) is 20.8 Å². The van der Waals surface area contributed by atoms with Gasteiger partial charge in [-0.3, -0.25) is 14.5 Å². The molecule has 186 valence electrons. The number of sulfonamides is 1. The molecule has 0 atom stereocenters. The summed E-state index contributed by atoms with van der Waals surface area (Å²) in [5, 5.41) is 0. The maximum atomic E-state index is 13.1. The van der Waals surface area contributed by atoms with Crippen LogP contribution >= 0.6 is 0 Å². The van der Waals surface area contributed by atoms with Crippen molar-refractivity contribution in [2.45, 2.75) is 45.6 Å². The van der Waals surface area contributed by atoms with Crippen LogP contribution in [0.3, 0.4) is 0 Å². The molecule has 1 aliphatic heterocycles. The van der Waals surface area contributed by atoms with E-state index < -0.39 is 10.0 Å². The molecule has 3 rings (SSSR count). The van der Waals surface area contributed by atoms with Gasteiger partial charge in [-0.1, -0.05) is 6.07 Å². The number of benzene rings is 1. The van der Waals surface area contributed by atoms with Crippen molar-refractivity contribution < 1.29 is 18.0 Å². The molecular weight excluding hydrogens is 452 g/mol. The van der Waals surface area contributed by atoms with Crippen LogP contribution in [0.15, 0.2) is 29.2 Å². The fourth-order valence-corrected chi connectivity index (χ4v) is 5.79. The number of piperazine rings is 1. The molecule has 0 saturated carbocycles. The Morgan fingerprint density at radius 2 is 1.62 bits per heavy atom. The molecule has 9 heteroatoms. The van der Waals surface area contributed by atoms with E-state index in [4.69, 9.17) is 0 Å². The predicted molar refractivity (Wildman–Crippen MR) is 133 cm³/mol. The molecule has 2 aromatic rings. The van der Waals surface area contributed by atoms with Crippen LogP contribution in [0.2, 0.25) is 0 Å². The van der Waals surface area contributed by atoms with Crippen molar-refractivity contribution in [2.75, 3.05) is 46.8 Å². The molecule has 1 aromatic carbocycles. The second-order valence-electron chi connectivity index (χ2n) is 9.51. The van der Waals surface area contributed by atoms with Gasteiger partial charge in [0.25, 0.3) is 5.91 Å². The minimum atomic E-state index is -3.64. The van der Waals surface area contributed by atoms with Crippen LogP contribution in [0.1, 0.15) is 57.6 Å². The third kappa shape index (κ3) is 5.11. The second kappa shape index (κ2) is 10.0. The first-order valence-electron chi connectivity index (χ1n) is 11.6. The second-order valence-corrected chi connectivity index (χ2v) is 11.6. The number of aromatic nitrogens is 1. The monoisotopic (exact) mass is 488 g/mol. The fraction of sp³-hybridized carbons (Fsp3) is 0.520. The third-order valence-electron chi connectivity index (χ3n) is 6.52. The Balaban J connectivity index is 1.66. The summed E-state index contributed by atoms with van der Waals surface area (Å²) in [5.41, 5.74) is 3.80. The van der Waals surface area contributed by atoms with E-state index in [2.05, 4.69) is 23.3 Å². The van der Waals surface area contributed by atoms with Crippen LogP contribution in [0.4, 0.5) is 0 Å². The van der Waals surface area contributed by atoms with E-state index in [1.54, 1.807) is 24.0 Å². The lowest BCUT2D eigenvalue weighted by atomic mass is 10.1. The summed E-state index contributed by atoms with van der Waals surface area (Å²) in [6.07, 6.45) is 0. The molecule has 0 N–H and O–H groups in total. The molecule has 1 fully saturated rings. The van der Waals surface area contributed by atoms with Crippen LogP contribution < -0.4 is 0 Å². The summed E-state index contributed by atoms with van der Waals surface area (Å²) in [5.74, 6) is -0.0986. The maximum absolute atomic E-state index is 13.1. The van der Waals surface area contributed by atoms with Gasteiger partial charge in [0.05, 0.1) is 11.4 Å². The molecule has 1 amide bonds. The third-order valence-corrected chi connectivity index (χ3v) is 8.48. The number of amides is 1. The number of rotatable bonds is 7. The smallest absolute Gasteiger partial charge is 0.253 e. The predicted octanol–water partition coefficient (Wildman–Crippen LogP) is 2.89. The Labute approximate surface area is 203 Å². The molecular formula is C25H36N4O4S. The molecule has 1 saturated heterocycles. The van der Waals surface area contributed by atoms with Crippen molar-refractivity contribution in [3.63, 3.8) is 0 Å². The van der Waals surface area contributed by atoms with E-state index in [0.29, 0.717) is 49.9 Å². The Morgan fingerprint density at radius 1 is 1.00 bits per heavy atom. The standard InChI is InChI=1S/C25H36N4O4S/c1-17(2)29-19(4)14-22(20(29)5)23(30)16-27-10-12-28(13-11-27)25(31)21-9-8-18(3)24(15-21)34(32,33)26(6)7/h8-9,14-15,17H,10-13,16H2,1-7H3. The fourth-order valence-electron chi connectivity index (χ4n) is 4.64. The highest BCUT2D eigenvalue weighted by atomic mass is 32.2. The van der Waals surface area contributed by atoms with Gasteiger partial charge >= 0.3 is 0 Å². The summed E-state index contributed by atoms with van der Waals surface area (Å²) in [6.45, 7) is 12.4. The van der Waals surface area contributed by atoms with Gasteiger partial charge in [-0.05, 0) is 58.4 Å². The van der Waals surface area contributed by atoms with Gasteiger partial charge in [0.2, 0.25) is 10.0 Å². The molecule has 0 aliphatic carbocycles. The van der Waals surface area contributed by atoms with Gasteiger partial charge in [0, 0.05) is 68.8 Å². The first kappa shape index (κ1) is 26.1. The Morgan fingerprint density at radius 3 is 2.15 bits per heavy atom. The molecule has 2 heterocycles. The van der Waals surface area contributed by atoms with E-state index in [1.807, 2.05) is 19.9 Å². The highest BCUT2D eigenvalue weighted by Gasteiger charge is 2.27. The average molecular weight is 489 g/mol. The highest BCUT2D eigenvalue weighted by molar-refractivity contribution is 7.89. The number of aryl methyl sites for hydroxylation is 2. The lowest BCUT2D eigenvalue weighted by Gasteiger charge is -2.34. The molecule has 34 heavy (non-hydrogen) atoms. The number of hydrogen-bond acceptors (Lipinski definition) is 5. The first-order chi connectivity index (χ1) is 15.8.